The molecule has 2 heterocycles. The number of esters is 1. The van der Waals surface area contributed by atoms with Gasteiger partial charge in [0.1, 0.15) is 0 Å². The Morgan fingerprint density at radius 1 is 0.967 bits per heavy atom. The highest BCUT2D eigenvalue weighted by Gasteiger charge is 2.35. The van der Waals surface area contributed by atoms with E-state index in [1.165, 1.54) is 25.7 Å². The number of hydrogen-bond donors (Lipinski definition) is 0. The standard InChI is InChI=1S/C23H28N2O5/c26-20(24-13-11-16-6-1-2-7-17(16)14-24)15-30-21(27)10-5-12-25-22(28)18-8-3-4-9-19(18)23(25)29/h3-4,8-9,16-17H,1-2,5-7,10-15H2/t16-,17-/m1/s1. The van der Waals surface area contributed by atoms with Gasteiger partial charge in [-0.15, -0.1) is 0 Å². The van der Waals surface area contributed by atoms with E-state index < -0.39 is 5.97 Å². The molecule has 1 saturated heterocycles. The van der Waals surface area contributed by atoms with E-state index in [-0.39, 0.29) is 37.3 Å². The number of hydrogen-bond acceptors (Lipinski definition) is 5. The van der Waals surface area contributed by atoms with Crippen LogP contribution in [0, 0.1) is 11.8 Å². The fourth-order valence-electron chi connectivity index (χ4n) is 4.96. The van der Waals surface area contributed by atoms with Crippen LogP contribution in [-0.4, -0.2) is 59.7 Å². The lowest BCUT2D eigenvalue weighted by Crippen LogP contribution is -2.46. The highest BCUT2D eigenvalue weighted by molar-refractivity contribution is 6.21. The number of likely N-dealkylation sites (tertiary alicyclic amines) is 1. The third-order valence-corrected chi connectivity index (χ3v) is 6.64. The molecule has 2 atom stereocenters. The normalized spacial score (nSPS) is 23.2. The lowest BCUT2D eigenvalue weighted by Gasteiger charge is -2.41. The summed E-state index contributed by atoms with van der Waals surface area (Å²) in [4.78, 5) is 52.1. The highest BCUT2D eigenvalue weighted by atomic mass is 16.5. The molecule has 1 aromatic rings. The van der Waals surface area contributed by atoms with Crippen molar-refractivity contribution < 1.29 is 23.9 Å². The van der Waals surface area contributed by atoms with Gasteiger partial charge in [0.05, 0.1) is 11.1 Å². The molecule has 4 rings (SSSR count). The molecule has 2 fully saturated rings. The van der Waals surface area contributed by atoms with Gasteiger partial charge in [-0.3, -0.25) is 24.1 Å². The van der Waals surface area contributed by atoms with Gasteiger partial charge < -0.3 is 9.64 Å². The monoisotopic (exact) mass is 412 g/mol. The zero-order valence-electron chi connectivity index (χ0n) is 17.2. The second kappa shape index (κ2) is 8.98. The van der Waals surface area contributed by atoms with E-state index in [4.69, 9.17) is 4.74 Å². The summed E-state index contributed by atoms with van der Waals surface area (Å²) in [6.07, 6.45) is 6.42. The topological polar surface area (TPSA) is 84.0 Å². The first-order valence-electron chi connectivity index (χ1n) is 10.9. The van der Waals surface area contributed by atoms with Crippen LogP contribution in [0.15, 0.2) is 24.3 Å². The number of nitrogens with zero attached hydrogens (tertiary/aromatic N) is 2. The first-order valence-corrected chi connectivity index (χ1v) is 10.9. The van der Waals surface area contributed by atoms with Crippen molar-refractivity contribution in [2.75, 3.05) is 26.2 Å². The molecule has 1 aliphatic carbocycles. The van der Waals surface area contributed by atoms with Gasteiger partial charge in [-0.25, -0.2) is 0 Å². The quantitative estimate of drug-likeness (QED) is 0.530. The number of fused-ring (bicyclic) bond motifs is 2. The van der Waals surface area contributed by atoms with Crippen LogP contribution >= 0.6 is 0 Å². The maximum absolute atomic E-state index is 12.4. The minimum absolute atomic E-state index is 0.0609. The predicted molar refractivity (Wildman–Crippen MR) is 109 cm³/mol. The summed E-state index contributed by atoms with van der Waals surface area (Å²) in [7, 11) is 0. The Labute approximate surface area is 176 Å². The number of carbonyl (C=O) groups excluding carboxylic acids is 4. The van der Waals surface area contributed by atoms with Gasteiger partial charge in [0, 0.05) is 26.1 Å². The average molecular weight is 412 g/mol. The summed E-state index contributed by atoms with van der Waals surface area (Å²) in [5.41, 5.74) is 0.801. The molecule has 7 heteroatoms. The van der Waals surface area contributed by atoms with Crippen LogP contribution in [0.4, 0.5) is 0 Å². The molecular formula is C23H28N2O5. The molecule has 0 spiro atoms. The number of imide groups is 1. The number of carbonyl (C=O) groups is 4. The molecule has 0 N–H and O–H groups in total. The lowest BCUT2D eigenvalue weighted by atomic mass is 9.75. The summed E-state index contributed by atoms with van der Waals surface area (Å²) >= 11 is 0. The number of ether oxygens (including phenoxy) is 1. The Kier molecular flexibility index (Phi) is 6.16. The Morgan fingerprint density at radius 3 is 2.33 bits per heavy atom. The van der Waals surface area contributed by atoms with Crippen LogP contribution in [0.1, 0.15) is 65.7 Å². The second-order valence-electron chi connectivity index (χ2n) is 8.50. The van der Waals surface area contributed by atoms with E-state index in [1.54, 1.807) is 24.3 Å². The van der Waals surface area contributed by atoms with Gasteiger partial charge >= 0.3 is 5.97 Å². The van der Waals surface area contributed by atoms with Gasteiger partial charge in [-0.2, -0.15) is 0 Å². The Bertz CT molecular complexity index is 817. The van der Waals surface area contributed by atoms with E-state index in [0.717, 1.165) is 30.3 Å². The van der Waals surface area contributed by atoms with Crippen molar-refractivity contribution in [1.82, 2.24) is 9.80 Å². The maximum atomic E-state index is 12.4. The number of rotatable bonds is 6. The van der Waals surface area contributed by atoms with Crippen molar-refractivity contribution in [3.05, 3.63) is 35.4 Å². The summed E-state index contributed by atoms with van der Waals surface area (Å²) < 4.78 is 5.15. The number of amides is 3. The van der Waals surface area contributed by atoms with E-state index in [9.17, 15) is 19.2 Å². The number of piperidine rings is 1. The summed E-state index contributed by atoms with van der Waals surface area (Å²) in [5, 5.41) is 0. The zero-order valence-corrected chi connectivity index (χ0v) is 17.2. The maximum Gasteiger partial charge on any atom is 0.306 e. The molecule has 3 aliphatic rings. The van der Waals surface area contributed by atoms with Crippen molar-refractivity contribution in [1.29, 1.82) is 0 Å². The first-order chi connectivity index (χ1) is 14.5. The van der Waals surface area contributed by atoms with Crippen LogP contribution in [0.3, 0.4) is 0 Å². The molecule has 1 saturated carbocycles. The van der Waals surface area contributed by atoms with Crippen molar-refractivity contribution in [3.63, 3.8) is 0 Å². The van der Waals surface area contributed by atoms with Gasteiger partial charge in [0.25, 0.3) is 17.7 Å². The van der Waals surface area contributed by atoms with E-state index >= 15 is 0 Å². The van der Waals surface area contributed by atoms with Crippen molar-refractivity contribution in [2.45, 2.75) is 44.9 Å². The number of benzene rings is 1. The fourth-order valence-corrected chi connectivity index (χ4v) is 4.96. The Balaban J connectivity index is 1.17. The molecule has 1 aromatic carbocycles. The molecule has 0 bridgehead atoms. The second-order valence-corrected chi connectivity index (χ2v) is 8.50. The minimum Gasteiger partial charge on any atom is -0.456 e. The van der Waals surface area contributed by atoms with Crippen LogP contribution in [0.2, 0.25) is 0 Å². The van der Waals surface area contributed by atoms with Gasteiger partial charge in [-0.1, -0.05) is 31.4 Å². The summed E-state index contributed by atoms with van der Waals surface area (Å²) in [6, 6.07) is 6.70. The molecule has 2 aliphatic heterocycles. The molecule has 7 nitrogen and oxygen atoms in total. The SMILES string of the molecule is O=C(CCCN1C(=O)c2ccccc2C1=O)OCC(=O)N1CC[C@H]2CCCC[C@@H]2C1. The van der Waals surface area contributed by atoms with E-state index in [2.05, 4.69) is 0 Å². The predicted octanol–water partition coefficient (Wildman–Crippen LogP) is 2.64. The van der Waals surface area contributed by atoms with Gasteiger partial charge in [-0.05, 0) is 43.2 Å². The molecule has 0 radical (unpaired) electrons. The zero-order chi connectivity index (χ0) is 21.1. The first kappa shape index (κ1) is 20.6. The van der Waals surface area contributed by atoms with Crippen LogP contribution in [0.5, 0.6) is 0 Å². The molecule has 0 aromatic heterocycles. The van der Waals surface area contributed by atoms with E-state index in [0.29, 0.717) is 23.5 Å². The third-order valence-electron chi connectivity index (χ3n) is 6.64. The van der Waals surface area contributed by atoms with Crippen LogP contribution in [-0.2, 0) is 14.3 Å². The van der Waals surface area contributed by atoms with E-state index in [1.807, 2.05) is 4.90 Å². The van der Waals surface area contributed by atoms with Crippen molar-refractivity contribution in [2.24, 2.45) is 11.8 Å². The third kappa shape index (κ3) is 4.25. The Hall–Kier alpha value is -2.70. The smallest absolute Gasteiger partial charge is 0.306 e. The summed E-state index contributed by atoms with van der Waals surface area (Å²) in [5.74, 6) is 0.0649. The van der Waals surface area contributed by atoms with Crippen molar-refractivity contribution in [3.8, 4) is 0 Å². The molecule has 0 unspecified atom stereocenters. The van der Waals surface area contributed by atoms with Gasteiger partial charge in [0.15, 0.2) is 6.61 Å². The lowest BCUT2D eigenvalue weighted by molar-refractivity contribution is -0.153. The molecule has 30 heavy (non-hydrogen) atoms. The Morgan fingerprint density at radius 2 is 1.63 bits per heavy atom. The van der Waals surface area contributed by atoms with Crippen molar-refractivity contribution >= 4 is 23.7 Å². The van der Waals surface area contributed by atoms with Crippen LogP contribution < -0.4 is 0 Å². The molecule has 160 valence electrons. The van der Waals surface area contributed by atoms with Crippen LogP contribution in [0.25, 0.3) is 0 Å². The van der Waals surface area contributed by atoms with Gasteiger partial charge in [0.2, 0.25) is 0 Å². The summed E-state index contributed by atoms with van der Waals surface area (Å²) in [6.45, 7) is 1.45. The highest BCUT2D eigenvalue weighted by Crippen LogP contribution is 2.36. The fraction of sp³-hybridized carbons (Fsp3) is 0.565. The largest absolute Gasteiger partial charge is 0.456 e. The average Bonchev–Trinajstić information content (AvgIpc) is 3.02. The molecule has 3 amide bonds. The molecular weight excluding hydrogens is 384 g/mol. The minimum atomic E-state index is -0.479.